The Morgan fingerprint density at radius 3 is 1.80 bits per heavy atom. The van der Waals surface area contributed by atoms with Crippen molar-refractivity contribution < 1.29 is 27.5 Å². The molecule has 0 saturated carbocycles. The van der Waals surface area contributed by atoms with E-state index in [2.05, 4.69) is 0 Å². The number of esters is 2. The molecule has 2 aliphatic heterocycles. The molecule has 0 radical (unpaired) electrons. The summed E-state index contributed by atoms with van der Waals surface area (Å²) >= 11 is 0. The van der Waals surface area contributed by atoms with Crippen molar-refractivity contribution in [3.05, 3.63) is 29.8 Å². The molecular weight excluding hydrogens is 346 g/mol. The molecule has 1 aromatic carbocycles. The summed E-state index contributed by atoms with van der Waals surface area (Å²) < 4.78 is 37.3. The Morgan fingerprint density at radius 2 is 1.40 bits per heavy atom. The van der Waals surface area contributed by atoms with Gasteiger partial charge in [0, 0.05) is 12.1 Å². The van der Waals surface area contributed by atoms with Crippen LogP contribution in [0.3, 0.4) is 0 Å². The van der Waals surface area contributed by atoms with Crippen LogP contribution in [0.1, 0.15) is 18.4 Å². The van der Waals surface area contributed by atoms with Crippen LogP contribution in [-0.2, 0) is 29.1 Å². The third kappa shape index (κ3) is 2.73. The number of nitrogens with zero attached hydrogens (tertiary/aromatic N) is 1. The van der Waals surface area contributed by atoms with Crippen molar-refractivity contribution in [2.45, 2.75) is 36.7 Å². The lowest BCUT2D eigenvalue weighted by Gasteiger charge is -2.24. The van der Waals surface area contributed by atoms with Crippen LogP contribution in [0.25, 0.3) is 0 Å². The maximum absolute atomic E-state index is 13.1. The SMILES string of the molecule is COC(=O)[C@@H]1[C@H](C(=O)OC)[C@@H]2CC[C@H]1N2S(=O)(=O)c1ccc(C)cc1. The van der Waals surface area contributed by atoms with Gasteiger partial charge in [-0.15, -0.1) is 0 Å². The van der Waals surface area contributed by atoms with E-state index in [1.54, 1.807) is 24.3 Å². The fourth-order valence-corrected chi connectivity index (χ4v) is 5.97. The highest BCUT2D eigenvalue weighted by Gasteiger charge is 2.63. The average molecular weight is 367 g/mol. The molecule has 3 rings (SSSR count). The average Bonchev–Trinajstić information content (AvgIpc) is 3.17. The summed E-state index contributed by atoms with van der Waals surface area (Å²) in [5, 5.41) is 0. The molecule has 0 amide bonds. The lowest BCUT2D eigenvalue weighted by molar-refractivity contribution is -0.157. The predicted octanol–water partition coefficient (Wildman–Crippen LogP) is 1.11. The first kappa shape index (κ1) is 17.9. The standard InChI is InChI=1S/C17H21NO6S/c1-10-4-6-11(7-5-10)25(21,22)18-12-8-9-13(18)15(17(20)24-3)14(12)16(19)23-2/h4-7,12-15H,8-9H2,1-3H3/t12-,13+,14+,15-. The monoisotopic (exact) mass is 367 g/mol. The van der Waals surface area contributed by atoms with Gasteiger partial charge < -0.3 is 9.47 Å². The quantitative estimate of drug-likeness (QED) is 0.741. The molecule has 2 fully saturated rings. The second kappa shape index (κ2) is 6.42. The zero-order valence-corrected chi connectivity index (χ0v) is 15.2. The minimum Gasteiger partial charge on any atom is -0.469 e. The fourth-order valence-electron chi connectivity index (χ4n) is 4.06. The topological polar surface area (TPSA) is 90.0 Å². The van der Waals surface area contributed by atoms with E-state index in [1.807, 2.05) is 6.92 Å². The first-order valence-corrected chi connectivity index (χ1v) is 9.52. The zero-order valence-electron chi connectivity index (χ0n) is 14.3. The Kier molecular flexibility index (Phi) is 4.59. The van der Waals surface area contributed by atoms with Gasteiger partial charge in [-0.25, -0.2) is 8.42 Å². The van der Waals surface area contributed by atoms with Gasteiger partial charge in [0.25, 0.3) is 0 Å². The molecule has 1 aromatic rings. The molecule has 2 bridgehead atoms. The van der Waals surface area contributed by atoms with Crippen molar-refractivity contribution in [2.75, 3.05) is 14.2 Å². The summed E-state index contributed by atoms with van der Waals surface area (Å²) in [6.07, 6.45) is 1.03. The predicted molar refractivity (Wildman–Crippen MR) is 88.0 cm³/mol. The number of fused-ring (bicyclic) bond motifs is 2. The van der Waals surface area contributed by atoms with Crippen molar-refractivity contribution in [3.63, 3.8) is 0 Å². The van der Waals surface area contributed by atoms with Gasteiger partial charge in [0.15, 0.2) is 0 Å². The maximum Gasteiger partial charge on any atom is 0.311 e. The van der Waals surface area contributed by atoms with E-state index in [1.165, 1.54) is 18.5 Å². The van der Waals surface area contributed by atoms with Crippen molar-refractivity contribution in [3.8, 4) is 0 Å². The normalized spacial score (nSPS) is 28.8. The zero-order chi connectivity index (χ0) is 18.4. The molecule has 7 nitrogen and oxygen atoms in total. The van der Waals surface area contributed by atoms with Gasteiger partial charge in [-0.2, -0.15) is 4.31 Å². The molecule has 0 N–H and O–H groups in total. The summed E-state index contributed by atoms with van der Waals surface area (Å²) in [6, 6.07) is 5.35. The van der Waals surface area contributed by atoms with E-state index in [4.69, 9.17) is 9.47 Å². The van der Waals surface area contributed by atoms with E-state index >= 15 is 0 Å². The van der Waals surface area contributed by atoms with Crippen molar-refractivity contribution in [2.24, 2.45) is 11.8 Å². The van der Waals surface area contributed by atoms with Gasteiger partial charge in [0.05, 0.1) is 31.0 Å². The van der Waals surface area contributed by atoms with Crippen LogP contribution in [0.4, 0.5) is 0 Å². The Balaban J connectivity index is 2.04. The van der Waals surface area contributed by atoms with E-state index in [0.29, 0.717) is 12.8 Å². The molecule has 2 saturated heterocycles. The highest BCUT2D eigenvalue weighted by atomic mass is 32.2. The van der Waals surface area contributed by atoms with Crippen LogP contribution in [0, 0.1) is 18.8 Å². The summed E-state index contributed by atoms with van der Waals surface area (Å²) in [6.45, 7) is 1.87. The first-order chi connectivity index (χ1) is 11.8. The van der Waals surface area contributed by atoms with Crippen molar-refractivity contribution in [1.29, 1.82) is 0 Å². The molecule has 136 valence electrons. The number of methoxy groups -OCH3 is 2. The Bertz CT molecular complexity index is 758. The second-order valence-electron chi connectivity index (χ2n) is 6.46. The van der Waals surface area contributed by atoms with Gasteiger partial charge in [-0.05, 0) is 31.9 Å². The minimum absolute atomic E-state index is 0.157. The number of carbonyl (C=O) groups is 2. The molecule has 0 aliphatic carbocycles. The van der Waals surface area contributed by atoms with E-state index < -0.39 is 45.9 Å². The number of aryl methyl sites for hydroxylation is 1. The summed E-state index contributed by atoms with van der Waals surface area (Å²) in [4.78, 5) is 24.6. The van der Waals surface area contributed by atoms with E-state index in [-0.39, 0.29) is 4.90 Å². The third-order valence-corrected chi connectivity index (χ3v) is 7.14. The highest BCUT2D eigenvalue weighted by molar-refractivity contribution is 7.89. The Hall–Kier alpha value is -1.93. The number of ether oxygens (including phenoxy) is 2. The molecule has 8 heteroatoms. The van der Waals surface area contributed by atoms with Crippen molar-refractivity contribution in [1.82, 2.24) is 4.31 Å². The van der Waals surface area contributed by atoms with Gasteiger partial charge in [-0.1, -0.05) is 17.7 Å². The van der Waals surface area contributed by atoms with Crippen LogP contribution < -0.4 is 0 Å². The lowest BCUT2D eigenvalue weighted by Crippen LogP contribution is -2.39. The lowest BCUT2D eigenvalue weighted by atomic mass is 9.79. The van der Waals surface area contributed by atoms with Crippen LogP contribution in [0.15, 0.2) is 29.2 Å². The third-order valence-electron chi connectivity index (χ3n) is 5.17. The number of benzene rings is 1. The number of sulfonamides is 1. The number of hydrogen-bond acceptors (Lipinski definition) is 6. The second-order valence-corrected chi connectivity index (χ2v) is 8.30. The summed E-state index contributed by atoms with van der Waals surface area (Å²) in [7, 11) is -1.35. The summed E-state index contributed by atoms with van der Waals surface area (Å²) in [5.41, 5.74) is 0.947. The Labute approximate surface area is 147 Å². The van der Waals surface area contributed by atoms with Gasteiger partial charge >= 0.3 is 11.9 Å². The maximum atomic E-state index is 13.1. The molecule has 2 aliphatic rings. The van der Waals surface area contributed by atoms with Gasteiger partial charge in [0.1, 0.15) is 0 Å². The number of hydrogen-bond donors (Lipinski definition) is 0. The van der Waals surface area contributed by atoms with Gasteiger partial charge in [-0.3, -0.25) is 9.59 Å². The smallest absolute Gasteiger partial charge is 0.311 e. The molecule has 2 heterocycles. The molecule has 0 unspecified atom stereocenters. The fraction of sp³-hybridized carbons (Fsp3) is 0.529. The van der Waals surface area contributed by atoms with E-state index in [0.717, 1.165) is 5.56 Å². The van der Waals surface area contributed by atoms with Crippen LogP contribution in [0.2, 0.25) is 0 Å². The van der Waals surface area contributed by atoms with Crippen LogP contribution in [0.5, 0.6) is 0 Å². The molecule has 0 aromatic heterocycles. The molecule has 0 spiro atoms. The summed E-state index contributed by atoms with van der Waals surface area (Å²) in [5.74, 6) is -2.83. The van der Waals surface area contributed by atoms with Gasteiger partial charge in [0.2, 0.25) is 10.0 Å². The molecule has 25 heavy (non-hydrogen) atoms. The van der Waals surface area contributed by atoms with Crippen LogP contribution in [-0.4, -0.2) is 51.0 Å². The first-order valence-electron chi connectivity index (χ1n) is 8.08. The van der Waals surface area contributed by atoms with E-state index in [9.17, 15) is 18.0 Å². The largest absolute Gasteiger partial charge is 0.469 e. The minimum atomic E-state index is -3.82. The molecular formula is C17H21NO6S. The number of rotatable bonds is 4. The highest BCUT2D eigenvalue weighted by Crippen LogP contribution is 2.49. The molecule has 4 atom stereocenters. The Morgan fingerprint density at radius 1 is 0.960 bits per heavy atom. The number of carbonyl (C=O) groups excluding carboxylic acids is 2. The van der Waals surface area contributed by atoms with Crippen LogP contribution >= 0.6 is 0 Å². The van der Waals surface area contributed by atoms with Crippen molar-refractivity contribution >= 4 is 22.0 Å².